The zero-order valence-corrected chi connectivity index (χ0v) is 12.9. The molecule has 1 amide bonds. The SMILES string of the molecule is CCCNC(=O)CN(C)CCCOc1cccc(Cl)c1. The monoisotopic (exact) mass is 298 g/mol. The highest BCUT2D eigenvalue weighted by atomic mass is 35.5. The van der Waals surface area contributed by atoms with E-state index in [9.17, 15) is 4.79 Å². The van der Waals surface area contributed by atoms with Crippen molar-refractivity contribution in [3.8, 4) is 5.75 Å². The van der Waals surface area contributed by atoms with Crippen molar-refractivity contribution in [2.45, 2.75) is 19.8 Å². The summed E-state index contributed by atoms with van der Waals surface area (Å²) in [4.78, 5) is 13.5. The molecule has 0 aliphatic carbocycles. The maximum absolute atomic E-state index is 11.5. The van der Waals surface area contributed by atoms with Gasteiger partial charge in [-0.1, -0.05) is 24.6 Å². The summed E-state index contributed by atoms with van der Waals surface area (Å²) >= 11 is 5.87. The fraction of sp³-hybridized carbons (Fsp3) is 0.533. The number of carbonyl (C=O) groups is 1. The highest BCUT2D eigenvalue weighted by Gasteiger charge is 2.05. The van der Waals surface area contributed by atoms with E-state index in [1.54, 1.807) is 6.07 Å². The van der Waals surface area contributed by atoms with Gasteiger partial charge in [0.25, 0.3) is 0 Å². The summed E-state index contributed by atoms with van der Waals surface area (Å²) in [5, 5.41) is 3.53. The second-order valence-electron chi connectivity index (χ2n) is 4.75. The molecular weight excluding hydrogens is 276 g/mol. The Labute approximate surface area is 126 Å². The maximum Gasteiger partial charge on any atom is 0.234 e. The van der Waals surface area contributed by atoms with Crippen LogP contribution in [0.2, 0.25) is 5.02 Å². The summed E-state index contributed by atoms with van der Waals surface area (Å²) in [5.41, 5.74) is 0. The molecular formula is C15H23ClN2O2. The molecule has 20 heavy (non-hydrogen) atoms. The van der Waals surface area contributed by atoms with Crippen molar-refractivity contribution in [3.63, 3.8) is 0 Å². The van der Waals surface area contributed by atoms with Crippen molar-refractivity contribution < 1.29 is 9.53 Å². The van der Waals surface area contributed by atoms with Crippen molar-refractivity contribution in [2.75, 3.05) is 33.3 Å². The quantitative estimate of drug-likeness (QED) is 0.713. The van der Waals surface area contributed by atoms with Gasteiger partial charge < -0.3 is 10.1 Å². The Morgan fingerprint density at radius 1 is 1.45 bits per heavy atom. The third-order valence-electron chi connectivity index (χ3n) is 2.73. The van der Waals surface area contributed by atoms with Crippen LogP contribution in [0.4, 0.5) is 0 Å². The minimum Gasteiger partial charge on any atom is -0.493 e. The molecule has 0 bridgehead atoms. The number of rotatable bonds is 9. The van der Waals surface area contributed by atoms with Crippen molar-refractivity contribution in [3.05, 3.63) is 29.3 Å². The summed E-state index contributed by atoms with van der Waals surface area (Å²) in [5.74, 6) is 0.853. The molecule has 0 saturated carbocycles. The fourth-order valence-corrected chi connectivity index (χ4v) is 1.91. The lowest BCUT2D eigenvalue weighted by molar-refractivity contribution is -0.121. The average Bonchev–Trinajstić information content (AvgIpc) is 2.41. The number of halogens is 1. The first-order valence-electron chi connectivity index (χ1n) is 6.95. The Morgan fingerprint density at radius 2 is 2.25 bits per heavy atom. The smallest absolute Gasteiger partial charge is 0.234 e. The van der Waals surface area contributed by atoms with Gasteiger partial charge >= 0.3 is 0 Å². The predicted molar refractivity (Wildman–Crippen MR) is 82.4 cm³/mol. The van der Waals surface area contributed by atoms with Crippen LogP contribution >= 0.6 is 11.6 Å². The molecule has 0 fully saturated rings. The Morgan fingerprint density at radius 3 is 2.95 bits per heavy atom. The first kappa shape index (κ1) is 16.8. The Hall–Kier alpha value is -1.26. The lowest BCUT2D eigenvalue weighted by Crippen LogP contribution is -2.36. The van der Waals surface area contributed by atoms with Gasteiger partial charge in [0, 0.05) is 18.1 Å². The number of nitrogens with zero attached hydrogens (tertiary/aromatic N) is 1. The molecule has 1 N–H and O–H groups in total. The molecule has 0 spiro atoms. The third-order valence-corrected chi connectivity index (χ3v) is 2.97. The van der Waals surface area contributed by atoms with Crippen LogP contribution in [0, 0.1) is 0 Å². The van der Waals surface area contributed by atoms with Crippen LogP contribution in [0.5, 0.6) is 5.75 Å². The van der Waals surface area contributed by atoms with Gasteiger partial charge in [-0.2, -0.15) is 0 Å². The number of nitrogens with one attached hydrogen (secondary N) is 1. The van der Waals surface area contributed by atoms with E-state index >= 15 is 0 Å². The van der Waals surface area contributed by atoms with E-state index in [4.69, 9.17) is 16.3 Å². The molecule has 0 aliphatic rings. The zero-order chi connectivity index (χ0) is 14.8. The summed E-state index contributed by atoms with van der Waals surface area (Å²) in [6.45, 7) is 4.64. The lowest BCUT2D eigenvalue weighted by Gasteiger charge is -2.16. The third kappa shape index (κ3) is 7.36. The average molecular weight is 299 g/mol. The molecule has 0 aliphatic heterocycles. The summed E-state index contributed by atoms with van der Waals surface area (Å²) in [7, 11) is 1.94. The Bertz CT molecular complexity index is 413. The van der Waals surface area contributed by atoms with Crippen molar-refractivity contribution in [1.29, 1.82) is 0 Å². The normalized spacial score (nSPS) is 10.6. The van der Waals surface area contributed by atoms with E-state index in [-0.39, 0.29) is 5.91 Å². The van der Waals surface area contributed by atoms with Gasteiger partial charge in [-0.05, 0) is 38.1 Å². The minimum atomic E-state index is 0.0742. The summed E-state index contributed by atoms with van der Waals surface area (Å²) < 4.78 is 5.60. The zero-order valence-electron chi connectivity index (χ0n) is 12.2. The highest BCUT2D eigenvalue weighted by molar-refractivity contribution is 6.30. The first-order chi connectivity index (χ1) is 9.61. The fourth-order valence-electron chi connectivity index (χ4n) is 1.73. The van der Waals surface area contributed by atoms with Gasteiger partial charge in [0.15, 0.2) is 0 Å². The Balaban J connectivity index is 2.12. The molecule has 0 atom stereocenters. The van der Waals surface area contributed by atoms with Crippen LogP contribution in [0.1, 0.15) is 19.8 Å². The van der Waals surface area contributed by atoms with E-state index < -0.39 is 0 Å². The molecule has 0 unspecified atom stereocenters. The molecule has 1 rings (SSSR count). The summed E-state index contributed by atoms with van der Waals surface area (Å²) in [6, 6.07) is 7.36. The Kier molecular flexibility index (Phi) is 8.07. The number of hydrogen-bond acceptors (Lipinski definition) is 3. The standard InChI is InChI=1S/C15H23ClN2O2/c1-3-8-17-15(19)12-18(2)9-5-10-20-14-7-4-6-13(16)11-14/h4,6-7,11H,3,5,8-10,12H2,1-2H3,(H,17,19). The number of benzene rings is 1. The van der Waals surface area contributed by atoms with E-state index in [0.717, 1.165) is 31.7 Å². The molecule has 112 valence electrons. The van der Waals surface area contributed by atoms with Crippen LogP contribution in [-0.4, -0.2) is 44.1 Å². The van der Waals surface area contributed by atoms with Gasteiger partial charge in [0.05, 0.1) is 13.2 Å². The van der Waals surface area contributed by atoms with E-state index in [1.807, 2.05) is 37.1 Å². The van der Waals surface area contributed by atoms with Crippen LogP contribution in [-0.2, 0) is 4.79 Å². The number of hydrogen-bond donors (Lipinski definition) is 1. The number of carbonyl (C=O) groups excluding carboxylic acids is 1. The number of amides is 1. The largest absolute Gasteiger partial charge is 0.493 e. The second kappa shape index (κ2) is 9.61. The maximum atomic E-state index is 11.5. The highest BCUT2D eigenvalue weighted by Crippen LogP contribution is 2.17. The molecule has 0 heterocycles. The molecule has 1 aromatic rings. The van der Waals surface area contributed by atoms with E-state index in [1.165, 1.54) is 0 Å². The van der Waals surface area contributed by atoms with Crippen molar-refractivity contribution in [1.82, 2.24) is 10.2 Å². The van der Waals surface area contributed by atoms with Crippen LogP contribution < -0.4 is 10.1 Å². The molecule has 5 heteroatoms. The van der Waals surface area contributed by atoms with Gasteiger partial charge in [-0.15, -0.1) is 0 Å². The number of likely N-dealkylation sites (N-methyl/N-ethyl adjacent to an activating group) is 1. The van der Waals surface area contributed by atoms with Gasteiger partial charge in [-0.3, -0.25) is 9.69 Å². The minimum absolute atomic E-state index is 0.0742. The molecule has 1 aromatic carbocycles. The molecule has 0 radical (unpaired) electrons. The van der Waals surface area contributed by atoms with Crippen LogP contribution in [0.15, 0.2) is 24.3 Å². The van der Waals surface area contributed by atoms with Gasteiger partial charge in [-0.25, -0.2) is 0 Å². The van der Waals surface area contributed by atoms with Crippen LogP contribution in [0.3, 0.4) is 0 Å². The second-order valence-corrected chi connectivity index (χ2v) is 5.18. The van der Waals surface area contributed by atoms with Crippen LogP contribution in [0.25, 0.3) is 0 Å². The van der Waals surface area contributed by atoms with E-state index in [0.29, 0.717) is 18.2 Å². The lowest BCUT2D eigenvalue weighted by atomic mass is 10.3. The summed E-state index contributed by atoms with van der Waals surface area (Å²) in [6.07, 6.45) is 1.83. The van der Waals surface area contributed by atoms with Gasteiger partial charge in [0.1, 0.15) is 5.75 Å². The van der Waals surface area contributed by atoms with Gasteiger partial charge in [0.2, 0.25) is 5.91 Å². The molecule has 4 nitrogen and oxygen atoms in total. The molecule has 0 saturated heterocycles. The predicted octanol–water partition coefficient (Wildman–Crippen LogP) is 2.57. The number of ether oxygens (including phenoxy) is 1. The van der Waals surface area contributed by atoms with Crippen molar-refractivity contribution in [2.24, 2.45) is 0 Å². The van der Waals surface area contributed by atoms with Crippen molar-refractivity contribution >= 4 is 17.5 Å². The van der Waals surface area contributed by atoms with E-state index in [2.05, 4.69) is 5.32 Å². The topological polar surface area (TPSA) is 41.6 Å². The molecule has 0 aromatic heterocycles. The first-order valence-corrected chi connectivity index (χ1v) is 7.33.